The van der Waals surface area contributed by atoms with Crippen LogP contribution >= 0.6 is 0 Å². The van der Waals surface area contributed by atoms with E-state index in [0.29, 0.717) is 18.4 Å². The molecule has 3 nitrogen and oxygen atoms in total. The second kappa shape index (κ2) is 9.64. The first-order valence-electron chi connectivity index (χ1n) is 9.22. The Morgan fingerprint density at radius 1 is 1.33 bits per heavy atom. The Hall–Kier alpha value is -0.741. The maximum absolute atomic E-state index is 13.5. The summed E-state index contributed by atoms with van der Waals surface area (Å²) in [6.45, 7) is 5.92. The molecule has 1 aromatic rings. The van der Waals surface area contributed by atoms with Crippen molar-refractivity contribution in [2.24, 2.45) is 17.3 Å². The molecule has 1 saturated carbocycles. The number of fused-ring (bicyclic) bond motifs is 1. The van der Waals surface area contributed by atoms with Crippen molar-refractivity contribution in [1.29, 1.82) is 5.41 Å². The van der Waals surface area contributed by atoms with Gasteiger partial charge in [-0.25, -0.2) is 4.39 Å². The van der Waals surface area contributed by atoms with Gasteiger partial charge in [-0.3, -0.25) is 5.41 Å². The molecule has 1 saturated heterocycles. The van der Waals surface area contributed by atoms with Gasteiger partial charge in [-0.2, -0.15) is 0 Å². The second-order valence-electron chi connectivity index (χ2n) is 8.13. The van der Waals surface area contributed by atoms with Gasteiger partial charge in [-0.1, -0.05) is 31.4 Å². The summed E-state index contributed by atoms with van der Waals surface area (Å²) >= 11 is 0. The minimum Gasteiger partial charge on any atom is -0.520 e. The van der Waals surface area contributed by atoms with E-state index >= 15 is 0 Å². The molecule has 3 rings (SSSR count). The van der Waals surface area contributed by atoms with Gasteiger partial charge in [-0.15, -0.1) is 0 Å². The van der Waals surface area contributed by atoms with Crippen LogP contribution in [0.1, 0.15) is 37.7 Å². The van der Waals surface area contributed by atoms with Gasteiger partial charge in [-0.05, 0) is 63.0 Å². The smallest absolute Gasteiger partial charge is 0.123 e. The molecular weight excluding hydrogens is 391 g/mol. The molecule has 0 bridgehead atoms. The third-order valence-corrected chi connectivity index (χ3v) is 6.06. The Labute approximate surface area is 175 Å². The summed E-state index contributed by atoms with van der Waals surface area (Å²) < 4.78 is 19.9. The standard InChI is InChI=1S/C21H29FN2O.CH3.Cu/c1-20(15-23)11-9-19-16(13-20)14-25-21(19,10-4-12-24(2)3)17-5-7-18(22)8-6-17;;/h5-8,16,19,23H,1,4,9-14H2,2-3H3;1H3;/q-2;-1;. The van der Waals surface area contributed by atoms with Crippen molar-refractivity contribution in [1.82, 2.24) is 4.90 Å². The Balaban J connectivity index is 0.00000182. The molecule has 1 aliphatic carbocycles. The summed E-state index contributed by atoms with van der Waals surface area (Å²) in [4.78, 5) is 2.19. The zero-order chi connectivity index (χ0) is 18.1. The van der Waals surface area contributed by atoms with Crippen LogP contribution < -0.4 is 0 Å². The number of halogens is 1. The fourth-order valence-electron chi connectivity index (χ4n) is 4.77. The van der Waals surface area contributed by atoms with Crippen LogP contribution in [0.4, 0.5) is 4.39 Å². The van der Waals surface area contributed by atoms with Crippen LogP contribution in [-0.2, 0) is 27.4 Å². The molecular formula is C22H32CuFN2O-3. The normalized spacial score (nSPS) is 32.3. The van der Waals surface area contributed by atoms with Gasteiger partial charge in [0.25, 0.3) is 0 Å². The maximum atomic E-state index is 13.5. The summed E-state index contributed by atoms with van der Waals surface area (Å²) in [6, 6.07) is 6.86. The molecule has 1 N–H and O–H groups in total. The van der Waals surface area contributed by atoms with E-state index in [1.165, 1.54) is 0 Å². The quantitative estimate of drug-likeness (QED) is 0.413. The molecule has 1 aromatic carbocycles. The fraction of sp³-hybridized carbons (Fsp3) is 0.591. The van der Waals surface area contributed by atoms with E-state index in [0.717, 1.165) is 44.2 Å². The molecule has 0 aromatic heterocycles. The summed E-state index contributed by atoms with van der Waals surface area (Å²) in [6.07, 6.45) is 7.35. The molecule has 5 heteroatoms. The minimum absolute atomic E-state index is 0. The molecule has 4 unspecified atom stereocenters. The predicted octanol–water partition coefficient (Wildman–Crippen LogP) is 4.60. The monoisotopic (exact) mass is 422 g/mol. The van der Waals surface area contributed by atoms with Gasteiger partial charge >= 0.3 is 0 Å². The van der Waals surface area contributed by atoms with Crippen LogP contribution in [0.5, 0.6) is 0 Å². The van der Waals surface area contributed by atoms with E-state index in [4.69, 9.17) is 10.1 Å². The summed E-state index contributed by atoms with van der Waals surface area (Å²) in [7, 11) is 4.17. The Bertz CT molecular complexity index is 609. The molecule has 157 valence electrons. The van der Waals surface area contributed by atoms with Crippen molar-refractivity contribution in [3.8, 4) is 0 Å². The summed E-state index contributed by atoms with van der Waals surface area (Å²) in [5.74, 6) is 0.595. The molecule has 0 spiro atoms. The van der Waals surface area contributed by atoms with Gasteiger partial charge in [0.2, 0.25) is 0 Å². The average Bonchev–Trinajstić information content (AvgIpc) is 2.94. The van der Waals surface area contributed by atoms with Crippen molar-refractivity contribution in [2.75, 3.05) is 27.2 Å². The van der Waals surface area contributed by atoms with Gasteiger partial charge < -0.3 is 35.6 Å². The zero-order valence-electron chi connectivity index (χ0n) is 16.7. The third-order valence-electron chi connectivity index (χ3n) is 6.06. The minimum atomic E-state index is -0.368. The number of nitrogens with zero attached hydrogens (tertiary/aromatic N) is 1. The molecule has 2 fully saturated rings. The van der Waals surface area contributed by atoms with Crippen molar-refractivity contribution in [3.63, 3.8) is 0 Å². The van der Waals surface area contributed by atoms with E-state index < -0.39 is 0 Å². The Morgan fingerprint density at radius 2 is 2.00 bits per heavy atom. The predicted molar refractivity (Wildman–Crippen MR) is 105 cm³/mol. The van der Waals surface area contributed by atoms with Crippen molar-refractivity contribution >= 4 is 6.21 Å². The number of hydrogen-bond donors (Lipinski definition) is 1. The van der Waals surface area contributed by atoms with Crippen molar-refractivity contribution in [2.45, 2.75) is 37.7 Å². The first-order valence-corrected chi connectivity index (χ1v) is 9.22. The van der Waals surface area contributed by atoms with Gasteiger partial charge in [0.15, 0.2) is 0 Å². The average molecular weight is 423 g/mol. The number of hydrogen-bond acceptors (Lipinski definition) is 3. The van der Waals surface area contributed by atoms with Crippen LogP contribution in [0.3, 0.4) is 0 Å². The van der Waals surface area contributed by atoms with E-state index in [1.54, 1.807) is 12.1 Å². The van der Waals surface area contributed by atoms with E-state index in [-0.39, 0.29) is 41.3 Å². The van der Waals surface area contributed by atoms with Crippen molar-refractivity contribution < 1.29 is 26.2 Å². The second-order valence-corrected chi connectivity index (χ2v) is 8.13. The van der Waals surface area contributed by atoms with Gasteiger partial charge in [0.05, 0.1) is 12.2 Å². The van der Waals surface area contributed by atoms with Gasteiger partial charge in [0, 0.05) is 17.1 Å². The SMILES string of the molecule is [CH2-]C1([C-]=N)CCC2C(COC2(CCCN(C)C)c2ccc(F)cc2)C1.[CH3-].[Cu]. The number of benzene rings is 1. The number of ether oxygens (including phenoxy) is 1. The molecule has 27 heavy (non-hydrogen) atoms. The molecule has 1 heterocycles. The fourth-order valence-corrected chi connectivity index (χ4v) is 4.77. The van der Waals surface area contributed by atoms with Gasteiger partial charge in [0.1, 0.15) is 5.82 Å². The van der Waals surface area contributed by atoms with E-state index in [1.807, 2.05) is 12.1 Å². The number of rotatable bonds is 6. The van der Waals surface area contributed by atoms with E-state index in [9.17, 15) is 4.39 Å². The molecule has 1 radical (unpaired) electrons. The maximum Gasteiger partial charge on any atom is 0.123 e. The van der Waals surface area contributed by atoms with Crippen LogP contribution in [0.2, 0.25) is 0 Å². The third kappa shape index (κ3) is 5.00. The summed E-state index contributed by atoms with van der Waals surface area (Å²) in [5.41, 5.74) is 0.390. The Kier molecular flexibility index (Phi) is 8.68. The largest absolute Gasteiger partial charge is 0.520 e. The molecule has 4 atom stereocenters. The molecule has 2 aliphatic rings. The Morgan fingerprint density at radius 3 is 2.59 bits per heavy atom. The zero-order valence-corrected chi connectivity index (χ0v) is 17.6. The molecule has 0 amide bonds. The first kappa shape index (κ1) is 24.3. The van der Waals surface area contributed by atoms with Crippen LogP contribution in [0.25, 0.3) is 0 Å². The number of nitrogens with one attached hydrogen (secondary N) is 1. The topological polar surface area (TPSA) is 36.3 Å². The molecule has 1 aliphatic heterocycles. The van der Waals surface area contributed by atoms with Crippen molar-refractivity contribution in [3.05, 3.63) is 50.0 Å². The summed E-state index contributed by atoms with van der Waals surface area (Å²) in [5, 5.41) is 7.59. The van der Waals surface area contributed by atoms with E-state index in [2.05, 4.69) is 32.1 Å². The first-order chi connectivity index (χ1) is 11.9. The van der Waals surface area contributed by atoms with Crippen LogP contribution in [-0.4, -0.2) is 38.4 Å². The van der Waals surface area contributed by atoms with Crippen LogP contribution in [0, 0.1) is 42.8 Å². The van der Waals surface area contributed by atoms with Crippen LogP contribution in [0.15, 0.2) is 24.3 Å².